The number of carbonyl (C=O) groups is 2. The number of fused-ring (bicyclic) bond motifs is 2. The molecule has 1 atom stereocenters. The molecular formula is C20H16N4O5. The molecule has 2 aromatic carbocycles. The average Bonchev–Trinajstić information content (AvgIpc) is 3.07. The van der Waals surface area contributed by atoms with Crippen LogP contribution in [0.3, 0.4) is 0 Å². The normalized spacial score (nSPS) is 12.0. The number of aromatic nitrogens is 3. The standard InChI is InChI=1S/C20H16N4O5/c1-10(17(25)21-12-6-7-14-15(9-12)24-20(28)23-14)29-19(27)16-8-11-4-2-3-5-13(11)18(26)22-16/h2-10H,1H3,(H,21,25)(H,22,26)(H2,23,24,28)/t10-/m0/s1. The molecular weight excluding hydrogens is 376 g/mol. The third kappa shape index (κ3) is 3.65. The summed E-state index contributed by atoms with van der Waals surface area (Å²) in [5.74, 6) is -1.38. The van der Waals surface area contributed by atoms with Crippen LogP contribution in [-0.4, -0.2) is 32.9 Å². The fourth-order valence-electron chi connectivity index (χ4n) is 2.95. The van der Waals surface area contributed by atoms with Gasteiger partial charge in [-0.1, -0.05) is 18.2 Å². The maximum absolute atomic E-state index is 12.4. The number of hydrogen-bond acceptors (Lipinski definition) is 5. The zero-order valence-electron chi connectivity index (χ0n) is 15.2. The number of esters is 1. The first-order chi connectivity index (χ1) is 13.9. The van der Waals surface area contributed by atoms with Gasteiger partial charge >= 0.3 is 11.7 Å². The predicted octanol–water partition coefficient (Wildman–Crippen LogP) is 1.88. The summed E-state index contributed by atoms with van der Waals surface area (Å²) in [6.45, 7) is 1.42. The second-order valence-corrected chi connectivity index (χ2v) is 6.48. The first kappa shape index (κ1) is 18.2. The molecule has 9 nitrogen and oxygen atoms in total. The molecule has 0 radical (unpaired) electrons. The van der Waals surface area contributed by atoms with Crippen molar-refractivity contribution in [2.75, 3.05) is 5.32 Å². The first-order valence-corrected chi connectivity index (χ1v) is 8.77. The lowest BCUT2D eigenvalue weighted by Crippen LogP contribution is -2.30. The summed E-state index contributed by atoms with van der Waals surface area (Å²) in [6.07, 6.45) is -1.11. The number of carbonyl (C=O) groups excluding carboxylic acids is 2. The highest BCUT2D eigenvalue weighted by Gasteiger charge is 2.20. The van der Waals surface area contributed by atoms with E-state index in [4.69, 9.17) is 4.74 Å². The largest absolute Gasteiger partial charge is 0.448 e. The van der Waals surface area contributed by atoms with E-state index in [0.717, 1.165) is 0 Å². The highest BCUT2D eigenvalue weighted by Crippen LogP contribution is 2.16. The lowest BCUT2D eigenvalue weighted by Gasteiger charge is -2.13. The Kier molecular flexibility index (Phi) is 4.47. The molecule has 4 rings (SSSR count). The maximum atomic E-state index is 12.4. The van der Waals surface area contributed by atoms with Crippen LogP contribution in [0.2, 0.25) is 0 Å². The van der Waals surface area contributed by atoms with E-state index < -0.39 is 23.5 Å². The number of H-pyrrole nitrogens is 3. The molecule has 0 aliphatic heterocycles. The zero-order valence-corrected chi connectivity index (χ0v) is 15.2. The van der Waals surface area contributed by atoms with Crippen LogP contribution < -0.4 is 16.6 Å². The van der Waals surface area contributed by atoms with Crippen molar-refractivity contribution in [1.29, 1.82) is 0 Å². The molecule has 2 heterocycles. The molecule has 9 heteroatoms. The van der Waals surface area contributed by atoms with E-state index in [9.17, 15) is 19.2 Å². The number of hydrogen-bond donors (Lipinski definition) is 4. The quantitative estimate of drug-likeness (QED) is 0.393. The number of benzene rings is 2. The highest BCUT2D eigenvalue weighted by atomic mass is 16.5. The third-order valence-electron chi connectivity index (χ3n) is 4.41. The minimum Gasteiger partial charge on any atom is -0.448 e. The first-order valence-electron chi connectivity index (χ1n) is 8.77. The molecule has 0 aliphatic rings. The van der Waals surface area contributed by atoms with Crippen molar-refractivity contribution >= 4 is 39.4 Å². The summed E-state index contributed by atoms with van der Waals surface area (Å²) in [5.41, 5.74) is 0.759. The van der Waals surface area contributed by atoms with Gasteiger partial charge in [-0.25, -0.2) is 9.59 Å². The lowest BCUT2D eigenvalue weighted by molar-refractivity contribution is -0.123. The summed E-state index contributed by atoms with van der Waals surface area (Å²) in [4.78, 5) is 55.8. The van der Waals surface area contributed by atoms with Gasteiger partial charge in [-0.2, -0.15) is 0 Å². The molecule has 4 N–H and O–H groups in total. The topological polar surface area (TPSA) is 137 Å². The van der Waals surface area contributed by atoms with Gasteiger partial charge in [0.05, 0.1) is 11.0 Å². The average molecular weight is 392 g/mol. The van der Waals surface area contributed by atoms with Crippen LogP contribution in [0.25, 0.3) is 21.8 Å². The maximum Gasteiger partial charge on any atom is 0.355 e. The van der Waals surface area contributed by atoms with Gasteiger partial charge in [0, 0.05) is 11.1 Å². The van der Waals surface area contributed by atoms with Crippen molar-refractivity contribution in [2.45, 2.75) is 13.0 Å². The Morgan fingerprint density at radius 1 is 0.966 bits per heavy atom. The van der Waals surface area contributed by atoms with Gasteiger partial charge in [-0.3, -0.25) is 9.59 Å². The molecule has 4 aromatic rings. The highest BCUT2D eigenvalue weighted by molar-refractivity contribution is 5.98. The van der Waals surface area contributed by atoms with E-state index in [1.165, 1.54) is 13.0 Å². The van der Waals surface area contributed by atoms with E-state index in [1.807, 2.05) is 0 Å². The van der Waals surface area contributed by atoms with Crippen LogP contribution in [0.15, 0.2) is 58.1 Å². The molecule has 0 fully saturated rings. The van der Waals surface area contributed by atoms with E-state index >= 15 is 0 Å². The van der Waals surface area contributed by atoms with E-state index in [0.29, 0.717) is 27.5 Å². The fourth-order valence-corrected chi connectivity index (χ4v) is 2.95. The minimum absolute atomic E-state index is 0.0420. The lowest BCUT2D eigenvalue weighted by atomic mass is 10.1. The molecule has 146 valence electrons. The van der Waals surface area contributed by atoms with Crippen LogP contribution in [0.5, 0.6) is 0 Å². The Balaban J connectivity index is 1.48. The van der Waals surface area contributed by atoms with E-state index in [2.05, 4.69) is 20.3 Å². The second-order valence-electron chi connectivity index (χ2n) is 6.48. The van der Waals surface area contributed by atoms with Crippen LogP contribution in [0.1, 0.15) is 17.4 Å². The van der Waals surface area contributed by atoms with Crippen molar-refractivity contribution < 1.29 is 14.3 Å². The predicted molar refractivity (Wildman–Crippen MR) is 107 cm³/mol. The summed E-state index contributed by atoms with van der Waals surface area (Å²) in [7, 11) is 0. The molecule has 0 bridgehead atoms. The van der Waals surface area contributed by atoms with Gasteiger partial charge in [0.2, 0.25) is 0 Å². The summed E-state index contributed by atoms with van der Waals surface area (Å²) in [5, 5.41) is 3.66. The number of pyridine rings is 1. The van der Waals surface area contributed by atoms with Gasteiger partial charge in [0.15, 0.2) is 6.10 Å². The summed E-state index contributed by atoms with van der Waals surface area (Å²) < 4.78 is 5.18. The van der Waals surface area contributed by atoms with Gasteiger partial charge in [-0.15, -0.1) is 0 Å². The number of rotatable bonds is 4. The van der Waals surface area contributed by atoms with Crippen LogP contribution in [0.4, 0.5) is 5.69 Å². The molecule has 29 heavy (non-hydrogen) atoms. The minimum atomic E-state index is -1.11. The van der Waals surface area contributed by atoms with Crippen LogP contribution >= 0.6 is 0 Å². The van der Waals surface area contributed by atoms with E-state index in [1.54, 1.807) is 42.5 Å². The Morgan fingerprint density at radius 3 is 2.55 bits per heavy atom. The zero-order chi connectivity index (χ0) is 20.5. The Bertz CT molecular complexity index is 1360. The van der Waals surface area contributed by atoms with Gasteiger partial charge in [0.1, 0.15) is 5.69 Å². The second kappa shape index (κ2) is 7.12. The van der Waals surface area contributed by atoms with Gasteiger partial charge < -0.3 is 25.0 Å². The molecule has 0 spiro atoms. The van der Waals surface area contributed by atoms with Crippen LogP contribution in [0, 0.1) is 0 Å². The van der Waals surface area contributed by atoms with Crippen molar-refractivity contribution in [3.63, 3.8) is 0 Å². The van der Waals surface area contributed by atoms with Gasteiger partial charge in [-0.05, 0) is 42.6 Å². The molecule has 0 unspecified atom stereocenters. The molecule has 2 aromatic heterocycles. The van der Waals surface area contributed by atoms with Crippen molar-refractivity contribution in [3.8, 4) is 0 Å². The van der Waals surface area contributed by atoms with Crippen molar-refractivity contribution in [2.24, 2.45) is 0 Å². The van der Waals surface area contributed by atoms with E-state index in [-0.39, 0.29) is 11.4 Å². The number of amides is 1. The molecule has 0 saturated heterocycles. The Labute approximate surface area is 162 Å². The SMILES string of the molecule is C[C@H](OC(=O)c1cc2ccccc2c(=O)[nH]1)C(=O)Nc1ccc2[nH]c(=O)[nH]c2c1. The third-order valence-corrected chi connectivity index (χ3v) is 4.41. The molecule has 0 aliphatic carbocycles. The van der Waals surface area contributed by atoms with Crippen LogP contribution in [-0.2, 0) is 9.53 Å². The van der Waals surface area contributed by atoms with Gasteiger partial charge in [0.25, 0.3) is 11.5 Å². The number of nitrogens with one attached hydrogen (secondary N) is 4. The number of ether oxygens (including phenoxy) is 1. The number of imidazole rings is 1. The van der Waals surface area contributed by atoms with Crippen molar-refractivity contribution in [3.05, 3.63) is 75.1 Å². The summed E-state index contributed by atoms with van der Waals surface area (Å²) in [6, 6.07) is 13.2. The smallest absolute Gasteiger partial charge is 0.355 e. The molecule has 1 amide bonds. The summed E-state index contributed by atoms with van der Waals surface area (Å²) >= 11 is 0. The fraction of sp³-hybridized carbons (Fsp3) is 0.100. The molecule has 0 saturated carbocycles. The van der Waals surface area contributed by atoms with Crippen molar-refractivity contribution in [1.82, 2.24) is 15.0 Å². The Hall–Kier alpha value is -4.14. The Morgan fingerprint density at radius 2 is 1.72 bits per heavy atom. The number of aromatic amines is 3. The number of anilines is 1. The monoisotopic (exact) mass is 392 g/mol.